The van der Waals surface area contributed by atoms with Crippen LogP contribution in [0.3, 0.4) is 0 Å². The molecule has 100 valence electrons. The molecule has 0 aliphatic carbocycles. The van der Waals surface area contributed by atoms with Gasteiger partial charge in [0.15, 0.2) is 0 Å². The largest absolute Gasteiger partial charge is 0.354 e. The predicted octanol–water partition coefficient (Wildman–Crippen LogP) is 2.69. The second-order valence-corrected chi connectivity index (χ2v) is 7.57. The second kappa shape index (κ2) is 5.49. The van der Waals surface area contributed by atoms with E-state index < -0.39 is 0 Å². The minimum atomic E-state index is 0.239. The highest BCUT2D eigenvalue weighted by molar-refractivity contribution is 8.00. The number of nitrogens with zero attached hydrogens (tertiary/aromatic N) is 2. The Kier molecular flexibility index (Phi) is 4.17. The highest BCUT2D eigenvalue weighted by Gasteiger charge is 2.16. The van der Waals surface area contributed by atoms with Crippen LogP contribution in [0.25, 0.3) is 0 Å². The van der Waals surface area contributed by atoms with Crippen LogP contribution in [-0.4, -0.2) is 35.9 Å². The van der Waals surface area contributed by atoms with Crippen molar-refractivity contribution in [3.05, 3.63) is 17.8 Å². The molecular weight excluding hydrogens is 242 g/mol. The van der Waals surface area contributed by atoms with Crippen LogP contribution < -0.4 is 10.2 Å². The van der Waals surface area contributed by atoms with Crippen molar-refractivity contribution in [3.63, 3.8) is 0 Å². The Hall–Kier alpha value is -0.740. The molecule has 1 fully saturated rings. The number of hydrogen-bond donors (Lipinski definition) is 1. The molecule has 1 saturated heterocycles. The third-order valence-electron chi connectivity index (χ3n) is 2.88. The average Bonchev–Trinajstić information content (AvgIpc) is 2.31. The van der Waals surface area contributed by atoms with Crippen molar-refractivity contribution in [3.8, 4) is 0 Å². The lowest BCUT2D eigenvalue weighted by molar-refractivity contribution is 0.584. The standard InChI is InChI=1S/C14H23N3S/c1-11-12(18-14(2,3)4)5-6-13(16-11)17-9-7-15-8-10-17/h5-6,15H,7-10H2,1-4H3. The van der Waals surface area contributed by atoms with Crippen LogP contribution in [0.5, 0.6) is 0 Å². The van der Waals surface area contributed by atoms with Gasteiger partial charge in [-0.05, 0) is 19.1 Å². The maximum absolute atomic E-state index is 4.76. The van der Waals surface area contributed by atoms with E-state index in [0.717, 1.165) is 37.7 Å². The van der Waals surface area contributed by atoms with Crippen LogP contribution in [0.1, 0.15) is 26.5 Å². The molecule has 0 radical (unpaired) electrons. The van der Waals surface area contributed by atoms with Crippen LogP contribution in [0.2, 0.25) is 0 Å². The molecule has 2 heterocycles. The zero-order valence-electron chi connectivity index (χ0n) is 11.8. The summed E-state index contributed by atoms with van der Waals surface area (Å²) in [6, 6.07) is 4.38. The number of hydrogen-bond acceptors (Lipinski definition) is 4. The third-order valence-corrected chi connectivity index (χ3v) is 4.14. The van der Waals surface area contributed by atoms with Gasteiger partial charge >= 0.3 is 0 Å². The van der Waals surface area contributed by atoms with Crippen molar-refractivity contribution in [2.45, 2.75) is 37.3 Å². The number of pyridine rings is 1. The molecule has 0 saturated carbocycles. The Labute approximate surface area is 114 Å². The molecule has 0 atom stereocenters. The monoisotopic (exact) mass is 265 g/mol. The molecule has 0 bridgehead atoms. The van der Waals surface area contributed by atoms with E-state index >= 15 is 0 Å². The fourth-order valence-corrected chi connectivity index (χ4v) is 3.03. The number of rotatable bonds is 2. The fourth-order valence-electron chi connectivity index (χ4n) is 2.04. The lowest BCUT2D eigenvalue weighted by Gasteiger charge is -2.29. The molecule has 0 spiro atoms. The summed E-state index contributed by atoms with van der Waals surface area (Å²) in [7, 11) is 0. The van der Waals surface area contributed by atoms with Gasteiger partial charge in [-0.15, -0.1) is 11.8 Å². The minimum absolute atomic E-state index is 0.239. The van der Waals surface area contributed by atoms with Crippen molar-refractivity contribution < 1.29 is 0 Å². The maximum Gasteiger partial charge on any atom is 0.128 e. The van der Waals surface area contributed by atoms with E-state index in [-0.39, 0.29) is 4.75 Å². The first-order valence-electron chi connectivity index (χ1n) is 6.58. The highest BCUT2D eigenvalue weighted by Crippen LogP contribution is 2.34. The summed E-state index contributed by atoms with van der Waals surface area (Å²) in [5.41, 5.74) is 1.14. The summed E-state index contributed by atoms with van der Waals surface area (Å²) in [5.74, 6) is 1.12. The number of piperazine rings is 1. The number of thioether (sulfide) groups is 1. The normalized spacial score (nSPS) is 17.0. The van der Waals surface area contributed by atoms with E-state index in [1.807, 2.05) is 11.8 Å². The lowest BCUT2D eigenvalue weighted by atomic mass is 10.3. The summed E-state index contributed by atoms with van der Waals surface area (Å²) >= 11 is 1.89. The molecule has 0 amide bonds. The highest BCUT2D eigenvalue weighted by atomic mass is 32.2. The molecule has 0 aromatic carbocycles. The first-order chi connectivity index (χ1) is 8.46. The number of nitrogens with one attached hydrogen (secondary N) is 1. The van der Waals surface area contributed by atoms with Gasteiger partial charge in [-0.1, -0.05) is 20.8 Å². The Morgan fingerprint density at radius 1 is 1.22 bits per heavy atom. The molecule has 1 aliphatic rings. The molecule has 18 heavy (non-hydrogen) atoms. The van der Waals surface area contributed by atoms with Gasteiger partial charge in [0.1, 0.15) is 5.82 Å². The van der Waals surface area contributed by atoms with Crippen LogP contribution >= 0.6 is 11.8 Å². The Balaban J connectivity index is 2.13. The Morgan fingerprint density at radius 2 is 1.89 bits per heavy atom. The summed E-state index contributed by atoms with van der Waals surface area (Å²) in [6.07, 6.45) is 0. The SMILES string of the molecule is Cc1nc(N2CCNCC2)ccc1SC(C)(C)C. The van der Waals surface area contributed by atoms with Crippen molar-refractivity contribution in [2.75, 3.05) is 31.1 Å². The fraction of sp³-hybridized carbons (Fsp3) is 0.643. The lowest BCUT2D eigenvalue weighted by Crippen LogP contribution is -2.43. The topological polar surface area (TPSA) is 28.2 Å². The van der Waals surface area contributed by atoms with Crippen LogP contribution in [-0.2, 0) is 0 Å². The molecular formula is C14H23N3S. The first-order valence-corrected chi connectivity index (χ1v) is 7.40. The quantitative estimate of drug-likeness (QED) is 0.832. The van der Waals surface area contributed by atoms with Crippen molar-refractivity contribution in [2.24, 2.45) is 0 Å². The summed E-state index contributed by atoms with van der Waals surface area (Å²) < 4.78 is 0.239. The number of aryl methyl sites for hydroxylation is 1. The van der Waals surface area contributed by atoms with Crippen LogP contribution in [0.15, 0.2) is 17.0 Å². The van der Waals surface area contributed by atoms with E-state index in [2.05, 4.69) is 50.0 Å². The second-order valence-electron chi connectivity index (χ2n) is 5.70. The molecule has 1 aromatic rings. The minimum Gasteiger partial charge on any atom is -0.354 e. The molecule has 1 aromatic heterocycles. The molecule has 4 heteroatoms. The number of aromatic nitrogens is 1. The van der Waals surface area contributed by atoms with Gasteiger partial charge in [-0.25, -0.2) is 4.98 Å². The smallest absolute Gasteiger partial charge is 0.128 e. The van der Waals surface area contributed by atoms with Gasteiger partial charge in [0.25, 0.3) is 0 Å². The molecule has 0 unspecified atom stereocenters. The molecule has 1 N–H and O–H groups in total. The summed E-state index contributed by atoms with van der Waals surface area (Å²) in [4.78, 5) is 8.41. The zero-order chi connectivity index (χ0) is 13.2. The molecule has 2 rings (SSSR count). The summed E-state index contributed by atoms with van der Waals surface area (Å²) in [5, 5.41) is 3.37. The van der Waals surface area contributed by atoms with Gasteiger partial charge in [-0.2, -0.15) is 0 Å². The van der Waals surface area contributed by atoms with E-state index in [0.29, 0.717) is 0 Å². The first kappa shape index (κ1) is 13.7. The van der Waals surface area contributed by atoms with E-state index in [1.54, 1.807) is 0 Å². The third kappa shape index (κ3) is 3.62. The van der Waals surface area contributed by atoms with Gasteiger partial charge in [0, 0.05) is 35.8 Å². The van der Waals surface area contributed by atoms with E-state index in [4.69, 9.17) is 4.98 Å². The van der Waals surface area contributed by atoms with Crippen LogP contribution in [0, 0.1) is 6.92 Å². The average molecular weight is 265 g/mol. The summed E-state index contributed by atoms with van der Waals surface area (Å²) in [6.45, 7) is 13.0. The Bertz CT molecular complexity index is 406. The predicted molar refractivity (Wildman–Crippen MR) is 79.7 cm³/mol. The van der Waals surface area contributed by atoms with Gasteiger partial charge < -0.3 is 10.2 Å². The van der Waals surface area contributed by atoms with Crippen molar-refractivity contribution >= 4 is 17.6 Å². The maximum atomic E-state index is 4.76. The van der Waals surface area contributed by atoms with Crippen molar-refractivity contribution in [1.82, 2.24) is 10.3 Å². The van der Waals surface area contributed by atoms with Crippen LogP contribution in [0.4, 0.5) is 5.82 Å². The van der Waals surface area contributed by atoms with Gasteiger partial charge in [0.05, 0.1) is 5.69 Å². The zero-order valence-corrected chi connectivity index (χ0v) is 12.6. The van der Waals surface area contributed by atoms with E-state index in [1.165, 1.54) is 4.90 Å². The van der Waals surface area contributed by atoms with Gasteiger partial charge in [-0.3, -0.25) is 0 Å². The van der Waals surface area contributed by atoms with Gasteiger partial charge in [0.2, 0.25) is 0 Å². The molecule has 3 nitrogen and oxygen atoms in total. The van der Waals surface area contributed by atoms with Crippen molar-refractivity contribution in [1.29, 1.82) is 0 Å². The molecule has 1 aliphatic heterocycles. The Morgan fingerprint density at radius 3 is 2.44 bits per heavy atom. The number of anilines is 1. The van der Waals surface area contributed by atoms with E-state index in [9.17, 15) is 0 Å².